The van der Waals surface area contributed by atoms with Crippen LogP contribution in [0.15, 0.2) is 0 Å². The van der Waals surface area contributed by atoms with Crippen molar-refractivity contribution in [2.45, 2.75) is 25.8 Å². The number of hydrogen-bond donors (Lipinski definition) is 1. The average Bonchev–Trinajstić information content (AvgIpc) is 2.50. The molecule has 1 aliphatic rings. The second kappa shape index (κ2) is 4.00. The Bertz CT molecular complexity index is 207. The highest BCUT2D eigenvalue weighted by molar-refractivity contribution is 7.82. The summed E-state index contributed by atoms with van der Waals surface area (Å²) >= 11 is 0. The topological polar surface area (TPSA) is 57.6 Å². The molecule has 70 valence electrons. The van der Waals surface area contributed by atoms with E-state index >= 15 is 0 Å². The Balaban J connectivity index is 2.63. The summed E-state index contributed by atoms with van der Waals surface area (Å²) in [4.78, 5) is 10.7. The first kappa shape index (κ1) is 9.67. The van der Waals surface area contributed by atoms with Crippen LogP contribution in [-0.2, 0) is 15.8 Å². The van der Waals surface area contributed by atoms with Crippen molar-refractivity contribution < 1.29 is 14.1 Å². The van der Waals surface area contributed by atoms with Crippen LogP contribution in [0.2, 0.25) is 0 Å². The zero-order chi connectivity index (χ0) is 9.14. The Morgan fingerprint density at radius 1 is 1.75 bits per heavy atom. The summed E-state index contributed by atoms with van der Waals surface area (Å²) in [5.74, 6) is -0.349. The lowest BCUT2D eigenvalue weighted by Gasteiger charge is -2.18. The van der Waals surface area contributed by atoms with Crippen LogP contribution in [0, 0.1) is 0 Å². The van der Waals surface area contributed by atoms with Gasteiger partial charge in [0.05, 0.1) is 11.0 Å². The first-order chi connectivity index (χ1) is 5.66. The third kappa shape index (κ3) is 1.84. The monoisotopic (exact) mass is 191 g/mol. The zero-order valence-corrected chi connectivity index (χ0v) is 7.84. The molecule has 1 heterocycles. The molecule has 0 radical (unpaired) electrons. The predicted molar refractivity (Wildman–Crippen MR) is 46.0 cm³/mol. The van der Waals surface area contributed by atoms with E-state index < -0.39 is 23.0 Å². The Morgan fingerprint density at radius 3 is 2.92 bits per heavy atom. The summed E-state index contributed by atoms with van der Waals surface area (Å²) in [6.45, 7) is 2.45. The molecule has 1 rings (SSSR count). The minimum absolute atomic E-state index is 0.504. The van der Waals surface area contributed by atoms with E-state index in [-0.39, 0.29) is 0 Å². The van der Waals surface area contributed by atoms with Crippen molar-refractivity contribution in [2.75, 3.05) is 12.3 Å². The highest BCUT2D eigenvalue weighted by atomic mass is 32.2. The smallest absolute Gasteiger partial charge is 0.321 e. The predicted octanol–water partition coefficient (Wildman–Crippen LogP) is 0.219. The second-order valence-electron chi connectivity index (χ2n) is 2.75. The molecule has 1 aliphatic heterocycles. The molecule has 5 heteroatoms. The molecule has 0 aromatic rings. The van der Waals surface area contributed by atoms with E-state index in [1.165, 1.54) is 0 Å². The van der Waals surface area contributed by atoms with Crippen molar-refractivity contribution in [1.82, 2.24) is 4.31 Å². The van der Waals surface area contributed by atoms with Crippen molar-refractivity contribution >= 4 is 17.0 Å². The van der Waals surface area contributed by atoms with Gasteiger partial charge in [0.2, 0.25) is 0 Å². The molecule has 0 aromatic carbocycles. The number of aliphatic carboxylic acids is 1. The SMILES string of the molecule is CCS(=O)N1CCCC1C(=O)O. The molecule has 2 atom stereocenters. The molecule has 0 spiro atoms. The standard InChI is InChI=1S/C7H13NO3S/c1-2-12(11)8-5-3-4-6(8)7(9)10/h6H,2-5H2,1H3,(H,9,10). The van der Waals surface area contributed by atoms with Gasteiger partial charge >= 0.3 is 5.97 Å². The van der Waals surface area contributed by atoms with Gasteiger partial charge in [-0.2, -0.15) is 0 Å². The van der Waals surface area contributed by atoms with Gasteiger partial charge in [-0.05, 0) is 12.8 Å². The minimum atomic E-state index is -1.10. The highest BCUT2D eigenvalue weighted by Crippen LogP contribution is 2.19. The number of carboxylic acids is 1. The molecule has 4 nitrogen and oxygen atoms in total. The minimum Gasteiger partial charge on any atom is -0.480 e. The number of rotatable bonds is 3. The van der Waals surface area contributed by atoms with Gasteiger partial charge in [0, 0.05) is 12.3 Å². The van der Waals surface area contributed by atoms with E-state index in [0.717, 1.165) is 6.42 Å². The van der Waals surface area contributed by atoms with E-state index in [1.54, 1.807) is 11.2 Å². The first-order valence-corrected chi connectivity index (χ1v) is 5.32. The second-order valence-corrected chi connectivity index (χ2v) is 4.44. The van der Waals surface area contributed by atoms with Crippen LogP contribution < -0.4 is 0 Å². The molecular weight excluding hydrogens is 178 g/mol. The Kier molecular flexibility index (Phi) is 3.22. The summed E-state index contributed by atoms with van der Waals surface area (Å²) in [6.07, 6.45) is 1.46. The lowest BCUT2D eigenvalue weighted by Crippen LogP contribution is -2.37. The fourth-order valence-corrected chi connectivity index (χ4v) is 2.54. The van der Waals surface area contributed by atoms with E-state index in [4.69, 9.17) is 5.11 Å². The van der Waals surface area contributed by atoms with Gasteiger partial charge in [-0.3, -0.25) is 4.79 Å². The molecule has 0 amide bonds. The Labute approximate surface area is 74.1 Å². The van der Waals surface area contributed by atoms with Crippen LogP contribution in [0.3, 0.4) is 0 Å². The van der Waals surface area contributed by atoms with Crippen LogP contribution in [0.25, 0.3) is 0 Å². The summed E-state index contributed by atoms with van der Waals surface area (Å²) in [5, 5.41) is 8.75. The van der Waals surface area contributed by atoms with E-state index in [1.807, 2.05) is 0 Å². The van der Waals surface area contributed by atoms with Gasteiger partial charge in [-0.25, -0.2) is 8.51 Å². The number of hydrogen-bond acceptors (Lipinski definition) is 2. The van der Waals surface area contributed by atoms with Gasteiger partial charge in [0.25, 0.3) is 0 Å². The molecule has 2 unspecified atom stereocenters. The summed E-state index contributed by atoms with van der Waals surface area (Å²) in [7, 11) is -1.10. The van der Waals surface area contributed by atoms with Crippen molar-refractivity contribution in [3.05, 3.63) is 0 Å². The van der Waals surface area contributed by atoms with Gasteiger partial charge in [0.15, 0.2) is 0 Å². The maximum absolute atomic E-state index is 11.3. The summed E-state index contributed by atoms with van der Waals surface area (Å²) in [6, 6.07) is -0.522. The first-order valence-electron chi connectivity index (χ1n) is 4.04. The largest absolute Gasteiger partial charge is 0.480 e. The molecular formula is C7H13NO3S. The highest BCUT2D eigenvalue weighted by Gasteiger charge is 2.33. The quantitative estimate of drug-likeness (QED) is 0.694. The van der Waals surface area contributed by atoms with Gasteiger partial charge in [-0.15, -0.1) is 0 Å². The molecule has 1 fully saturated rings. The summed E-state index contributed by atoms with van der Waals surface area (Å²) in [5.41, 5.74) is 0. The van der Waals surface area contributed by atoms with Gasteiger partial charge < -0.3 is 5.11 Å². The van der Waals surface area contributed by atoms with Crippen molar-refractivity contribution in [2.24, 2.45) is 0 Å². The van der Waals surface area contributed by atoms with Crippen LogP contribution >= 0.6 is 0 Å². The average molecular weight is 191 g/mol. The van der Waals surface area contributed by atoms with Crippen LogP contribution in [-0.4, -0.2) is 37.9 Å². The lowest BCUT2D eigenvalue weighted by atomic mass is 10.2. The zero-order valence-electron chi connectivity index (χ0n) is 7.02. The van der Waals surface area contributed by atoms with E-state index in [2.05, 4.69) is 0 Å². The fourth-order valence-electron chi connectivity index (χ4n) is 1.40. The molecule has 1 saturated heterocycles. The Hall–Kier alpha value is -0.420. The van der Waals surface area contributed by atoms with Crippen LogP contribution in [0.5, 0.6) is 0 Å². The van der Waals surface area contributed by atoms with Crippen molar-refractivity contribution in [1.29, 1.82) is 0 Å². The van der Waals surface area contributed by atoms with Crippen molar-refractivity contribution in [3.8, 4) is 0 Å². The van der Waals surface area contributed by atoms with Gasteiger partial charge in [0.1, 0.15) is 6.04 Å². The number of carboxylic acid groups (broad SMARTS) is 1. The Morgan fingerprint density at radius 2 is 2.42 bits per heavy atom. The molecule has 0 aromatic heterocycles. The molecule has 12 heavy (non-hydrogen) atoms. The number of nitrogens with zero attached hydrogens (tertiary/aromatic N) is 1. The molecule has 0 bridgehead atoms. The molecule has 1 N–H and O–H groups in total. The van der Waals surface area contributed by atoms with Gasteiger partial charge in [-0.1, -0.05) is 6.92 Å². The third-order valence-electron chi connectivity index (χ3n) is 2.00. The lowest BCUT2D eigenvalue weighted by molar-refractivity contribution is -0.140. The van der Waals surface area contributed by atoms with Crippen LogP contribution in [0.4, 0.5) is 0 Å². The van der Waals surface area contributed by atoms with Crippen molar-refractivity contribution in [3.63, 3.8) is 0 Å². The summed E-state index contributed by atoms with van der Waals surface area (Å²) < 4.78 is 12.9. The maximum Gasteiger partial charge on any atom is 0.321 e. The van der Waals surface area contributed by atoms with E-state index in [0.29, 0.717) is 18.7 Å². The van der Waals surface area contributed by atoms with Crippen LogP contribution in [0.1, 0.15) is 19.8 Å². The molecule has 0 aliphatic carbocycles. The maximum atomic E-state index is 11.3. The third-order valence-corrected chi connectivity index (χ3v) is 3.45. The molecule has 0 saturated carbocycles. The fraction of sp³-hybridized carbons (Fsp3) is 0.857. The number of carbonyl (C=O) groups is 1. The van der Waals surface area contributed by atoms with E-state index in [9.17, 15) is 9.00 Å². The normalized spacial score (nSPS) is 27.2.